The quantitative estimate of drug-likeness (QED) is 0.875. The normalized spacial score (nSPS) is 24.3. The zero-order chi connectivity index (χ0) is 16.4. The number of aryl methyl sites for hydroxylation is 1. The molecule has 0 saturated carbocycles. The van der Waals surface area contributed by atoms with Gasteiger partial charge in [-0.1, -0.05) is 24.3 Å². The molecule has 0 unspecified atom stereocenters. The highest BCUT2D eigenvalue weighted by atomic mass is 32.2. The fraction of sp³-hybridized carbons (Fsp3) is 0.562. The Morgan fingerprint density at radius 1 is 1.26 bits per heavy atom. The van der Waals surface area contributed by atoms with Crippen molar-refractivity contribution < 1.29 is 13.2 Å². The van der Waals surface area contributed by atoms with E-state index >= 15 is 0 Å². The zero-order valence-electron chi connectivity index (χ0n) is 13.3. The second-order valence-corrected chi connectivity index (χ2v) is 8.19. The minimum atomic E-state index is -3.24. The molecule has 2 amide bonds. The highest BCUT2D eigenvalue weighted by Crippen LogP contribution is 2.30. The lowest BCUT2D eigenvalue weighted by Gasteiger charge is -2.33. The minimum Gasteiger partial charge on any atom is -0.331 e. The Labute approximate surface area is 137 Å². The molecule has 2 atom stereocenters. The summed E-state index contributed by atoms with van der Waals surface area (Å²) in [5.41, 5.74) is 2.50. The molecule has 23 heavy (non-hydrogen) atoms. The lowest BCUT2D eigenvalue weighted by atomic mass is 10.1. The predicted molar refractivity (Wildman–Crippen MR) is 88.6 cm³/mol. The largest absolute Gasteiger partial charge is 0.331 e. The molecule has 1 aromatic carbocycles. The Bertz CT molecular complexity index is 690. The van der Waals surface area contributed by atoms with Crippen molar-refractivity contribution >= 4 is 16.1 Å². The topological polar surface area (TPSA) is 78.5 Å². The van der Waals surface area contributed by atoms with Crippen LogP contribution in [0.2, 0.25) is 0 Å². The van der Waals surface area contributed by atoms with Crippen LogP contribution in [-0.4, -0.2) is 44.7 Å². The highest BCUT2D eigenvalue weighted by Gasteiger charge is 2.29. The van der Waals surface area contributed by atoms with E-state index in [1.807, 2.05) is 12.1 Å². The van der Waals surface area contributed by atoms with Gasteiger partial charge in [0.1, 0.15) is 0 Å². The first-order valence-corrected chi connectivity index (χ1v) is 9.92. The molecule has 1 aliphatic heterocycles. The number of benzene rings is 1. The molecule has 1 heterocycles. The Balaban J connectivity index is 1.60. The molecular weight excluding hydrogens is 314 g/mol. The average molecular weight is 337 g/mol. The molecular formula is C16H23N3O3S. The number of hydrogen-bond donors (Lipinski definition) is 2. The second-order valence-electron chi connectivity index (χ2n) is 6.41. The second kappa shape index (κ2) is 6.49. The SMILES string of the molecule is CS(=O)(=O)N[C@@H]1CCCN(C(=O)N[C@@H]2CCc3ccccc32)C1. The van der Waals surface area contributed by atoms with Crippen LogP contribution in [0.5, 0.6) is 0 Å². The van der Waals surface area contributed by atoms with Gasteiger partial charge in [-0.25, -0.2) is 17.9 Å². The number of fused-ring (bicyclic) bond motifs is 1. The van der Waals surface area contributed by atoms with Gasteiger partial charge in [0.25, 0.3) is 0 Å². The van der Waals surface area contributed by atoms with Crippen molar-refractivity contribution in [2.45, 2.75) is 37.8 Å². The summed E-state index contributed by atoms with van der Waals surface area (Å²) in [6.45, 7) is 1.09. The predicted octanol–water partition coefficient (Wildman–Crippen LogP) is 1.40. The number of nitrogens with zero attached hydrogens (tertiary/aromatic N) is 1. The Kier molecular flexibility index (Phi) is 4.59. The van der Waals surface area contributed by atoms with Gasteiger partial charge in [-0.05, 0) is 36.8 Å². The van der Waals surface area contributed by atoms with Crippen molar-refractivity contribution in [1.29, 1.82) is 0 Å². The lowest BCUT2D eigenvalue weighted by Crippen LogP contribution is -2.52. The van der Waals surface area contributed by atoms with Gasteiger partial charge in [0.15, 0.2) is 0 Å². The van der Waals surface area contributed by atoms with Gasteiger partial charge in [0.2, 0.25) is 10.0 Å². The number of hydrogen-bond acceptors (Lipinski definition) is 3. The third-order valence-corrected chi connectivity index (χ3v) is 5.28. The number of sulfonamides is 1. The third-order valence-electron chi connectivity index (χ3n) is 4.52. The molecule has 2 aliphatic rings. The zero-order valence-corrected chi connectivity index (χ0v) is 14.1. The van der Waals surface area contributed by atoms with Gasteiger partial charge < -0.3 is 10.2 Å². The Morgan fingerprint density at radius 2 is 2.04 bits per heavy atom. The monoisotopic (exact) mass is 337 g/mol. The van der Waals surface area contributed by atoms with Gasteiger partial charge in [0.05, 0.1) is 12.3 Å². The van der Waals surface area contributed by atoms with E-state index in [1.165, 1.54) is 11.1 Å². The van der Waals surface area contributed by atoms with Crippen LogP contribution in [0, 0.1) is 0 Å². The molecule has 3 rings (SSSR count). The summed E-state index contributed by atoms with van der Waals surface area (Å²) in [7, 11) is -3.24. The summed E-state index contributed by atoms with van der Waals surface area (Å²) < 4.78 is 25.3. The standard InChI is InChI=1S/C16H23N3O3S/c1-23(21,22)18-13-6-4-10-19(11-13)16(20)17-15-9-8-12-5-2-3-7-14(12)15/h2-3,5,7,13,15,18H,4,6,8-11H2,1H3,(H,17,20)/t13-,15-/m1/s1. The van der Waals surface area contributed by atoms with Gasteiger partial charge in [-0.15, -0.1) is 0 Å². The van der Waals surface area contributed by atoms with Gasteiger partial charge in [-0.3, -0.25) is 0 Å². The van der Waals surface area contributed by atoms with Crippen LogP contribution in [0.15, 0.2) is 24.3 Å². The number of piperidine rings is 1. The van der Waals surface area contributed by atoms with Crippen molar-refractivity contribution in [2.24, 2.45) is 0 Å². The third kappa shape index (κ3) is 4.03. The number of nitrogens with one attached hydrogen (secondary N) is 2. The van der Waals surface area contributed by atoms with E-state index in [-0.39, 0.29) is 18.1 Å². The first kappa shape index (κ1) is 16.3. The summed E-state index contributed by atoms with van der Waals surface area (Å²) in [6, 6.07) is 7.95. The van der Waals surface area contributed by atoms with Crippen LogP contribution in [0.3, 0.4) is 0 Å². The van der Waals surface area contributed by atoms with E-state index in [0.717, 1.165) is 31.9 Å². The van der Waals surface area contributed by atoms with E-state index in [9.17, 15) is 13.2 Å². The molecule has 1 saturated heterocycles. The van der Waals surface area contributed by atoms with E-state index in [2.05, 4.69) is 22.2 Å². The van der Waals surface area contributed by atoms with Crippen LogP contribution in [0.1, 0.15) is 36.4 Å². The number of amides is 2. The van der Waals surface area contributed by atoms with Crippen LogP contribution in [0.4, 0.5) is 4.79 Å². The molecule has 0 aromatic heterocycles. The van der Waals surface area contributed by atoms with Crippen molar-refractivity contribution in [3.63, 3.8) is 0 Å². The first-order valence-electron chi connectivity index (χ1n) is 8.03. The van der Waals surface area contributed by atoms with E-state index in [0.29, 0.717) is 13.1 Å². The molecule has 7 heteroatoms. The number of carbonyl (C=O) groups is 1. The smallest absolute Gasteiger partial charge is 0.317 e. The summed E-state index contributed by atoms with van der Waals surface area (Å²) in [5.74, 6) is 0. The van der Waals surface area contributed by atoms with Crippen LogP contribution in [0.25, 0.3) is 0 Å². The molecule has 0 bridgehead atoms. The molecule has 6 nitrogen and oxygen atoms in total. The van der Waals surface area contributed by atoms with Crippen molar-refractivity contribution in [3.05, 3.63) is 35.4 Å². The van der Waals surface area contributed by atoms with Crippen LogP contribution >= 0.6 is 0 Å². The van der Waals surface area contributed by atoms with Gasteiger partial charge in [0, 0.05) is 19.1 Å². The molecule has 0 spiro atoms. The number of urea groups is 1. The van der Waals surface area contributed by atoms with Crippen molar-refractivity contribution in [3.8, 4) is 0 Å². The van der Waals surface area contributed by atoms with Gasteiger partial charge in [-0.2, -0.15) is 0 Å². The maximum absolute atomic E-state index is 12.5. The van der Waals surface area contributed by atoms with Crippen LogP contribution < -0.4 is 10.0 Å². The molecule has 126 valence electrons. The van der Waals surface area contributed by atoms with Crippen molar-refractivity contribution in [2.75, 3.05) is 19.3 Å². The number of likely N-dealkylation sites (tertiary alicyclic amines) is 1. The Hall–Kier alpha value is -1.60. The van der Waals surface area contributed by atoms with Crippen LogP contribution in [-0.2, 0) is 16.4 Å². The summed E-state index contributed by atoms with van der Waals surface area (Å²) >= 11 is 0. The number of rotatable bonds is 3. The fourth-order valence-corrected chi connectivity index (χ4v) is 4.31. The van der Waals surface area contributed by atoms with Gasteiger partial charge >= 0.3 is 6.03 Å². The van der Waals surface area contributed by atoms with E-state index in [4.69, 9.17) is 0 Å². The van der Waals surface area contributed by atoms with E-state index in [1.54, 1.807) is 4.90 Å². The summed E-state index contributed by atoms with van der Waals surface area (Å²) in [5, 5.41) is 3.10. The fourth-order valence-electron chi connectivity index (χ4n) is 3.51. The maximum Gasteiger partial charge on any atom is 0.317 e. The maximum atomic E-state index is 12.5. The molecule has 1 aromatic rings. The summed E-state index contributed by atoms with van der Waals surface area (Å²) in [6.07, 6.45) is 4.63. The first-order chi connectivity index (χ1) is 10.9. The minimum absolute atomic E-state index is 0.0574. The molecule has 2 N–H and O–H groups in total. The van der Waals surface area contributed by atoms with Crippen molar-refractivity contribution in [1.82, 2.24) is 14.9 Å². The Morgan fingerprint density at radius 3 is 2.83 bits per heavy atom. The molecule has 0 radical (unpaired) electrons. The highest BCUT2D eigenvalue weighted by molar-refractivity contribution is 7.88. The number of carbonyl (C=O) groups excluding carboxylic acids is 1. The molecule has 1 fully saturated rings. The average Bonchev–Trinajstić information content (AvgIpc) is 2.89. The summed E-state index contributed by atoms with van der Waals surface area (Å²) in [4.78, 5) is 14.2. The lowest BCUT2D eigenvalue weighted by molar-refractivity contribution is 0.173. The molecule has 1 aliphatic carbocycles. The van der Waals surface area contributed by atoms with E-state index < -0.39 is 10.0 Å².